The van der Waals surface area contributed by atoms with Crippen molar-refractivity contribution >= 4 is 21.7 Å². The Morgan fingerprint density at radius 3 is 2.52 bits per heavy atom. The van der Waals surface area contributed by atoms with Crippen LogP contribution < -0.4 is 5.32 Å². The Morgan fingerprint density at radius 2 is 1.90 bits per heavy atom. The molecule has 0 aromatic rings. The number of carboxylic acid groups (broad SMARTS) is 1. The van der Waals surface area contributed by atoms with Gasteiger partial charge in [0.1, 0.15) is 0 Å². The molecule has 2 fully saturated rings. The quantitative estimate of drug-likeness (QED) is 0.716. The van der Waals surface area contributed by atoms with Crippen molar-refractivity contribution in [1.29, 1.82) is 0 Å². The summed E-state index contributed by atoms with van der Waals surface area (Å²) in [5, 5.41) is 11.8. The van der Waals surface area contributed by atoms with E-state index in [1.54, 1.807) is 4.90 Å². The molecule has 0 radical (unpaired) electrons. The largest absolute Gasteiger partial charge is 0.481 e. The minimum Gasteiger partial charge on any atom is -0.481 e. The summed E-state index contributed by atoms with van der Waals surface area (Å²) >= 11 is 0. The number of nitrogens with zero attached hydrogens (tertiary/aromatic N) is 1. The van der Waals surface area contributed by atoms with E-state index in [-0.39, 0.29) is 43.0 Å². The number of carbonyl (C=O) groups is 2. The highest BCUT2D eigenvalue weighted by molar-refractivity contribution is 7.91. The molecular formula is C13H22N2O5S. The molecule has 2 rings (SSSR count). The van der Waals surface area contributed by atoms with E-state index in [1.807, 2.05) is 0 Å². The Hall–Kier alpha value is -1.15. The molecule has 0 bridgehead atoms. The summed E-state index contributed by atoms with van der Waals surface area (Å²) in [6, 6.07) is -0.403. The van der Waals surface area contributed by atoms with Gasteiger partial charge < -0.3 is 10.4 Å². The molecule has 120 valence electrons. The van der Waals surface area contributed by atoms with Crippen molar-refractivity contribution in [3.63, 3.8) is 0 Å². The summed E-state index contributed by atoms with van der Waals surface area (Å²) in [6.45, 7) is 0.294. The van der Waals surface area contributed by atoms with Crippen molar-refractivity contribution in [3.8, 4) is 0 Å². The number of carbonyl (C=O) groups excluding carboxylic acids is 1. The maximum atomic E-state index is 12.0. The van der Waals surface area contributed by atoms with Crippen LogP contribution in [0, 0.1) is 0 Å². The molecule has 1 aliphatic carbocycles. The van der Waals surface area contributed by atoms with Crippen LogP contribution in [0.5, 0.6) is 0 Å². The predicted molar refractivity (Wildman–Crippen MR) is 76.7 cm³/mol. The standard InChI is InChI=1S/C13H22N2O5S/c16-12(14-10-3-1-2-4-10)8-15-5-6-21(19,20)9-11(15)7-13(17)18/h10-11H,1-9H2,(H,14,16)(H,17,18). The van der Waals surface area contributed by atoms with Gasteiger partial charge in [0.15, 0.2) is 9.84 Å². The molecule has 0 aromatic carbocycles. The number of nitrogens with one attached hydrogen (secondary N) is 1. The van der Waals surface area contributed by atoms with Crippen LogP contribution in [0.3, 0.4) is 0 Å². The molecule has 1 saturated carbocycles. The number of aliphatic carboxylic acids is 1. The van der Waals surface area contributed by atoms with E-state index in [0.717, 1.165) is 25.7 Å². The van der Waals surface area contributed by atoms with Crippen LogP contribution in [0.15, 0.2) is 0 Å². The molecular weight excluding hydrogens is 296 g/mol. The third-order valence-electron chi connectivity index (χ3n) is 4.13. The second kappa shape index (κ2) is 6.74. The van der Waals surface area contributed by atoms with E-state index in [9.17, 15) is 18.0 Å². The monoisotopic (exact) mass is 318 g/mol. The minimum absolute atomic E-state index is 0.0141. The van der Waals surface area contributed by atoms with Gasteiger partial charge in [-0.25, -0.2) is 8.42 Å². The van der Waals surface area contributed by atoms with Crippen molar-refractivity contribution in [2.45, 2.75) is 44.2 Å². The van der Waals surface area contributed by atoms with E-state index in [2.05, 4.69) is 5.32 Å². The fraction of sp³-hybridized carbons (Fsp3) is 0.846. The lowest BCUT2D eigenvalue weighted by molar-refractivity contribution is -0.139. The molecule has 1 amide bonds. The van der Waals surface area contributed by atoms with Gasteiger partial charge in [-0.3, -0.25) is 14.5 Å². The highest BCUT2D eigenvalue weighted by atomic mass is 32.2. The van der Waals surface area contributed by atoms with E-state index < -0.39 is 21.8 Å². The topological polar surface area (TPSA) is 104 Å². The van der Waals surface area contributed by atoms with Gasteiger partial charge in [-0.2, -0.15) is 0 Å². The van der Waals surface area contributed by atoms with E-state index in [1.165, 1.54) is 0 Å². The molecule has 2 aliphatic rings. The zero-order chi connectivity index (χ0) is 15.5. The average molecular weight is 318 g/mol. The van der Waals surface area contributed by atoms with E-state index in [4.69, 9.17) is 5.11 Å². The summed E-state index contributed by atoms with van der Waals surface area (Å²) < 4.78 is 23.3. The molecule has 1 saturated heterocycles. The number of amides is 1. The van der Waals surface area contributed by atoms with Gasteiger partial charge >= 0.3 is 5.97 Å². The lowest BCUT2D eigenvalue weighted by atomic mass is 10.2. The Balaban J connectivity index is 1.92. The summed E-state index contributed by atoms with van der Waals surface area (Å²) in [5.74, 6) is -1.38. The number of rotatable bonds is 5. The van der Waals surface area contributed by atoms with E-state index >= 15 is 0 Å². The first-order valence-corrected chi connectivity index (χ1v) is 9.13. The first kappa shape index (κ1) is 16.2. The number of hydrogen-bond acceptors (Lipinski definition) is 5. The van der Waals surface area contributed by atoms with Crippen LogP contribution in [0.1, 0.15) is 32.1 Å². The Labute approximate surface area is 124 Å². The Morgan fingerprint density at radius 1 is 1.24 bits per heavy atom. The second-order valence-corrected chi connectivity index (χ2v) is 8.11. The van der Waals surface area contributed by atoms with Gasteiger partial charge in [0, 0.05) is 18.6 Å². The summed E-state index contributed by atoms with van der Waals surface area (Å²) in [7, 11) is -3.21. The smallest absolute Gasteiger partial charge is 0.304 e. The third kappa shape index (κ3) is 4.96. The van der Waals surface area contributed by atoms with Crippen LogP contribution in [0.25, 0.3) is 0 Å². The number of carboxylic acids is 1. The Kier molecular flexibility index (Phi) is 5.21. The molecule has 0 spiro atoms. The molecule has 0 aromatic heterocycles. The first-order chi connectivity index (χ1) is 9.85. The third-order valence-corrected chi connectivity index (χ3v) is 5.83. The molecule has 8 heteroatoms. The lowest BCUT2D eigenvalue weighted by Crippen LogP contribution is -2.53. The van der Waals surface area contributed by atoms with Crippen molar-refractivity contribution in [2.24, 2.45) is 0 Å². The van der Waals surface area contributed by atoms with Gasteiger partial charge in [-0.05, 0) is 12.8 Å². The molecule has 7 nitrogen and oxygen atoms in total. The van der Waals surface area contributed by atoms with Crippen LogP contribution in [-0.2, 0) is 19.4 Å². The highest BCUT2D eigenvalue weighted by Crippen LogP contribution is 2.18. The van der Waals surface area contributed by atoms with Crippen LogP contribution in [0.2, 0.25) is 0 Å². The van der Waals surface area contributed by atoms with Gasteiger partial charge in [-0.15, -0.1) is 0 Å². The van der Waals surface area contributed by atoms with Crippen molar-refractivity contribution in [1.82, 2.24) is 10.2 Å². The van der Waals surface area contributed by atoms with Gasteiger partial charge in [-0.1, -0.05) is 12.8 Å². The molecule has 21 heavy (non-hydrogen) atoms. The molecule has 1 heterocycles. The van der Waals surface area contributed by atoms with Gasteiger partial charge in [0.25, 0.3) is 0 Å². The zero-order valence-corrected chi connectivity index (χ0v) is 12.8. The summed E-state index contributed by atoms with van der Waals surface area (Å²) in [4.78, 5) is 24.6. The lowest BCUT2D eigenvalue weighted by Gasteiger charge is -2.34. The minimum atomic E-state index is -3.21. The van der Waals surface area contributed by atoms with Gasteiger partial charge in [0.2, 0.25) is 5.91 Å². The fourth-order valence-electron chi connectivity index (χ4n) is 3.05. The van der Waals surface area contributed by atoms with Crippen LogP contribution in [-0.4, -0.2) is 67.0 Å². The fourth-order valence-corrected chi connectivity index (χ4v) is 4.64. The predicted octanol–water partition coefficient (Wildman–Crippen LogP) is -0.381. The van der Waals surface area contributed by atoms with E-state index in [0.29, 0.717) is 0 Å². The van der Waals surface area contributed by atoms with Crippen molar-refractivity contribution in [3.05, 3.63) is 0 Å². The van der Waals surface area contributed by atoms with Crippen LogP contribution in [0.4, 0.5) is 0 Å². The maximum Gasteiger partial charge on any atom is 0.304 e. The normalized spacial score (nSPS) is 26.6. The summed E-state index contributed by atoms with van der Waals surface area (Å²) in [5.41, 5.74) is 0. The zero-order valence-electron chi connectivity index (χ0n) is 12.0. The number of sulfone groups is 1. The van der Waals surface area contributed by atoms with Gasteiger partial charge in [0.05, 0.1) is 24.5 Å². The second-order valence-electron chi connectivity index (χ2n) is 5.89. The molecule has 2 N–H and O–H groups in total. The van der Waals surface area contributed by atoms with Crippen molar-refractivity contribution in [2.75, 3.05) is 24.6 Å². The molecule has 1 aliphatic heterocycles. The first-order valence-electron chi connectivity index (χ1n) is 7.31. The Bertz CT molecular complexity index is 499. The summed E-state index contributed by atoms with van der Waals surface area (Å²) in [6.07, 6.45) is 3.95. The van der Waals surface area contributed by atoms with Crippen LogP contribution >= 0.6 is 0 Å². The maximum absolute atomic E-state index is 12.0. The molecule has 1 atom stereocenters. The molecule has 1 unspecified atom stereocenters. The highest BCUT2D eigenvalue weighted by Gasteiger charge is 2.33. The van der Waals surface area contributed by atoms with Crippen molar-refractivity contribution < 1.29 is 23.1 Å². The number of hydrogen-bond donors (Lipinski definition) is 2. The average Bonchev–Trinajstić information content (AvgIpc) is 2.84. The SMILES string of the molecule is O=C(O)CC1CS(=O)(=O)CCN1CC(=O)NC1CCCC1.